The van der Waals surface area contributed by atoms with Gasteiger partial charge >= 0.3 is 6.09 Å². The molecule has 1 aromatic heterocycles. The maximum absolute atomic E-state index is 12.5. The number of rotatable bonds is 8. The minimum Gasteiger partial charge on any atom is -0.465 e. The summed E-state index contributed by atoms with van der Waals surface area (Å²) >= 11 is 0. The van der Waals surface area contributed by atoms with Gasteiger partial charge < -0.3 is 9.84 Å². The van der Waals surface area contributed by atoms with Crippen LogP contribution < -0.4 is 10.5 Å². The average molecular weight is 474 g/mol. The Morgan fingerprint density at radius 2 is 1.91 bits per heavy atom. The third-order valence-electron chi connectivity index (χ3n) is 5.90. The molecule has 9 heteroatoms. The highest BCUT2D eigenvalue weighted by atomic mass is 16.5. The Hall–Kier alpha value is -4.00. The summed E-state index contributed by atoms with van der Waals surface area (Å²) in [5.41, 5.74) is 2.88. The molecule has 0 bridgehead atoms. The zero-order chi connectivity index (χ0) is 24.6. The topological polar surface area (TPSA) is 112 Å². The highest BCUT2D eigenvalue weighted by Gasteiger charge is 2.16. The molecule has 2 aromatic carbocycles. The molecular formula is C26H27N5O4. The summed E-state index contributed by atoms with van der Waals surface area (Å²) in [4.78, 5) is 28.1. The van der Waals surface area contributed by atoms with Gasteiger partial charge in [0.1, 0.15) is 0 Å². The first-order valence-corrected chi connectivity index (χ1v) is 11.5. The van der Waals surface area contributed by atoms with Crippen LogP contribution in [0, 0.1) is 11.3 Å². The number of ether oxygens (including phenoxy) is 1. The molecule has 1 aliphatic rings. The van der Waals surface area contributed by atoms with Gasteiger partial charge in [-0.15, -0.1) is 0 Å². The molecule has 2 heterocycles. The van der Waals surface area contributed by atoms with E-state index in [1.807, 2.05) is 12.1 Å². The number of morpholine rings is 1. The van der Waals surface area contributed by atoms with E-state index in [1.54, 1.807) is 42.5 Å². The van der Waals surface area contributed by atoms with E-state index in [1.165, 1.54) is 15.6 Å². The van der Waals surface area contributed by atoms with Crippen molar-refractivity contribution in [3.05, 3.63) is 82.1 Å². The van der Waals surface area contributed by atoms with Crippen molar-refractivity contribution in [2.45, 2.75) is 13.0 Å². The fraction of sp³-hybridized carbons (Fsp3) is 0.308. The molecule has 0 saturated carbocycles. The van der Waals surface area contributed by atoms with Crippen LogP contribution in [0.2, 0.25) is 0 Å². The minimum atomic E-state index is -1.02. The first-order valence-electron chi connectivity index (χ1n) is 11.5. The van der Waals surface area contributed by atoms with E-state index in [0.29, 0.717) is 43.1 Å². The third-order valence-corrected chi connectivity index (χ3v) is 5.90. The minimum absolute atomic E-state index is 0.194. The molecule has 0 atom stereocenters. The molecule has 3 aromatic rings. The first kappa shape index (κ1) is 24.1. The summed E-state index contributed by atoms with van der Waals surface area (Å²) in [6, 6.07) is 19.4. The molecule has 1 fully saturated rings. The Labute approximate surface area is 203 Å². The molecule has 1 aliphatic heterocycles. The van der Waals surface area contributed by atoms with Crippen LogP contribution in [-0.4, -0.2) is 65.3 Å². The van der Waals surface area contributed by atoms with E-state index in [0.717, 1.165) is 30.8 Å². The second kappa shape index (κ2) is 11.4. The maximum Gasteiger partial charge on any atom is 0.411 e. The third kappa shape index (κ3) is 6.32. The Morgan fingerprint density at radius 3 is 2.69 bits per heavy atom. The molecule has 1 N–H and O–H groups in total. The van der Waals surface area contributed by atoms with Crippen LogP contribution >= 0.6 is 0 Å². The van der Waals surface area contributed by atoms with Crippen molar-refractivity contribution in [2.24, 2.45) is 0 Å². The summed E-state index contributed by atoms with van der Waals surface area (Å²) < 4.78 is 6.70. The average Bonchev–Trinajstić information content (AvgIpc) is 2.88. The van der Waals surface area contributed by atoms with Crippen LogP contribution in [0.3, 0.4) is 0 Å². The van der Waals surface area contributed by atoms with Crippen molar-refractivity contribution in [1.29, 1.82) is 5.26 Å². The van der Waals surface area contributed by atoms with Gasteiger partial charge in [-0.2, -0.15) is 10.4 Å². The van der Waals surface area contributed by atoms with Gasteiger partial charge in [0.15, 0.2) is 0 Å². The second-order valence-electron chi connectivity index (χ2n) is 8.32. The van der Waals surface area contributed by atoms with E-state index in [-0.39, 0.29) is 12.1 Å². The highest BCUT2D eigenvalue weighted by Crippen LogP contribution is 2.19. The van der Waals surface area contributed by atoms with Crippen LogP contribution in [-0.2, 0) is 11.3 Å². The highest BCUT2D eigenvalue weighted by molar-refractivity contribution is 5.86. The fourth-order valence-electron chi connectivity index (χ4n) is 4.07. The van der Waals surface area contributed by atoms with Gasteiger partial charge in [-0.25, -0.2) is 9.48 Å². The molecule has 1 saturated heterocycles. The van der Waals surface area contributed by atoms with Crippen LogP contribution in [0.4, 0.5) is 10.5 Å². The normalized spacial score (nSPS) is 13.8. The molecule has 0 aliphatic carbocycles. The molecule has 0 radical (unpaired) electrons. The summed E-state index contributed by atoms with van der Waals surface area (Å²) in [6.45, 7) is 4.53. The van der Waals surface area contributed by atoms with Gasteiger partial charge in [0.05, 0.1) is 37.1 Å². The Balaban J connectivity index is 1.49. The van der Waals surface area contributed by atoms with Crippen molar-refractivity contribution < 1.29 is 14.6 Å². The lowest BCUT2D eigenvalue weighted by molar-refractivity contribution is 0.0376. The molecule has 0 unspecified atom stereocenters. The lowest BCUT2D eigenvalue weighted by Gasteiger charge is -2.27. The Kier molecular flexibility index (Phi) is 7.88. The van der Waals surface area contributed by atoms with Crippen LogP contribution in [0.1, 0.15) is 17.5 Å². The zero-order valence-corrected chi connectivity index (χ0v) is 19.3. The number of hydrogen-bond acceptors (Lipinski definition) is 6. The molecule has 1 amide bonds. The molecule has 35 heavy (non-hydrogen) atoms. The van der Waals surface area contributed by atoms with Gasteiger partial charge in [-0.3, -0.25) is 14.6 Å². The standard InChI is InChI=1S/C26H27N5O4/c27-18-20-4-1-6-22(16-20)24-8-9-25(32)31(28-24)19-21-5-2-7-23(17-21)30(26(33)34)11-3-10-29-12-14-35-15-13-29/h1-2,4-9,16-17H,3,10-15,19H2,(H,33,34). The van der Waals surface area contributed by atoms with Crippen LogP contribution in [0.25, 0.3) is 11.3 Å². The number of carboxylic acid groups (broad SMARTS) is 1. The summed E-state index contributed by atoms with van der Waals surface area (Å²) in [7, 11) is 0. The lowest BCUT2D eigenvalue weighted by atomic mass is 10.1. The number of anilines is 1. The van der Waals surface area contributed by atoms with Gasteiger partial charge in [-0.05, 0) is 42.3 Å². The number of nitrogens with zero attached hydrogens (tertiary/aromatic N) is 5. The predicted octanol–water partition coefficient (Wildman–Crippen LogP) is 3.04. The largest absolute Gasteiger partial charge is 0.465 e. The fourth-order valence-corrected chi connectivity index (χ4v) is 4.07. The van der Waals surface area contributed by atoms with Gasteiger partial charge in [-0.1, -0.05) is 24.3 Å². The van der Waals surface area contributed by atoms with E-state index in [9.17, 15) is 14.7 Å². The van der Waals surface area contributed by atoms with E-state index >= 15 is 0 Å². The number of nitriles is 1. The SMILES string of the molecule is N#Cc1cccc(-c2ccc(=O)n(Cc3cccc(N(CCCN4CCOCC4)C(=O)O)c3)n2)c1. The molecule has 4 rings (SSSR count). The number of amides is 1. The predicted molar refractivity (Wildman–Crippen MR) is 131 cm³/mol. The molecule has 0 spiro atoms. The molecular weight excluding hydrogens is 446 g/mol. The summed E-state index contributed by atoms with van der Waals surface area (Å²) in [6.07, 6.45) is -0.305. The van der Waals surface area contributed by atoms with Gasteiger partial charge in [0.2, 0.25) is 0 Å². The lowest BCUT2D eigenvalue weighted by Crippen LogP contribution is -2.39. The smallest absolute Gasteiger partial charge is 0.411 e. The van der Waals surface area contributed by atoms with Gasteiger partial charge in [0.25, 0.3) is 5.56 Å². The quantitative estimate of drug-likeness (QED) is 0.535. The van der Waals surface area contributed by atoms with Crippen molar-refractivity contribution in [3.8, 4) is 17.3 Å². The first-order chi connectivity index (χ1) is 17.0. The van der Waals surface area contributed by atoms with Crippen LogP contribution in [0.5, 0.6) is 0 Å². The van der Waals surface area contributed by atoms with E-state index in [2.05, 4.69) is 16.1 Å². The monoisotopic (exact) mass is 473 g/mol. The second-order valence-corrected chi connectivity index (χ2v) is 8.32. The number of benzene rings is 2. The summed E-state index contributed by atoms with van der Waals surface area (Å²) in [5.74, 6) is 0. The van der Waals surface area contributed by atoms with Crippen LogP contribution in [0.15, 0.2) is 65.5 Å². The Morgan fingerprint density at radius 1 is 1.11 bits per heavy atom. The number of hydrogen-bond donors (Lipinski definition) is 1. The van der Waals surface area contributed by atoms with Crippen molar-refractivity contribution in [3.63, 3.8) is 0 Å². The molecule has 180 valence electrons. The number of carbonyl (C=O) groups is 1. The van der Waals surface area contributed by atoms with E-state index < -0.39 is 6.09 Å². The Bertz CT molecular complexity index is 1280. The van der Waals surface area contributed by atoms with Gasteiger partial charge in [0, 0.05) is 43.5 Å². The zero-order valence-electron chi connectivity index (χ0n) is 19.3. The van der Waals surface area contributed by atoms with Crippen molar-refractivity contribution in [2.75, 3.05) is 44.3 Å². The van der Waals surface area contributed by atoms with E-state index in [4.69, 9.17) is 10.00 Å². The van der Waals surface area contributed by atoms with Crippen molar-refractivity contribution >= 4 is 11.8 Å². The number of aromatic nitrogens is 2. The summed E-state index contributed by atoms with van der Waals surface area (Å²) in [5, 5.41) is 23.4. The van der Waals surface area contributed by atoms with Crippen molar-refractivity contribution in [1.82, 2.24) is 14.7 Å². The molecule has 9 nitrogen and oxygen atoms in total. The maximum atomic E-state index is 12.5.